The van der Waals surface area contributed by atoms with E-state index in [0.29, 0.717) is 31.7 Å². The summed E-state index contributed by atoms with van der Waals surface area (Å²) in [6.45, 7) is 2.24. The second kappa shape index (κ2) is 9.98. The number of carbonyl (C=O) groups is 1. The molecule has 1 heterocycles. The molecule has 136 valence electrons. The molecule has 1 aromatic rings. The lowest BCUT2D eigenvalue weighted by atomic mass is 10.2. The second-order valence-corrected chi connectivity index (χ2v) is 7.68. The molecule has 0 radical (unpaired) electrons. The smallest absolute Gasteiger partial charge is 0.251 e. The van der Waals surface area contributed by atoms with E-state index >= 15 is 0 Å². The molecular formula is C16H26ClN3O3S. The summed E-state index contributed by atoms with van der Waals surface area (Å²) in [5.74, 6) is -0.252. The summed E-state index contributed by atoms with van der Waals surface area (Å²) in [5.41, 5.74) is 5.78. The SMILES string of the molecule is Cl.NCCCCNC(=O)c1cccc(S(=O)(=O)N2CCCCC2)c1. The lowest BCUT2D eigenvalue weighted by Crippen LogP contribution is -2.35. The first kappa shape index (κ1) is 20.9. The van der Waals surface area contributed by atoms with Crippen molar-refractivity contribution in [2.24, 2.45) is 5.73 Å². The molecule has 1 saturated heterocycles. The number of rotatable bonds is 7. The molecule has 8 heteroatoms. The molecule has 0 aliphatic carbocycles. The van der Waals surface area contributed by atoms with Gasteiger partial charge in [-0.15, -0.1) is 12.4 Å². The van der Waals surface area contributed by atoms with E-state index in [1.807, 2.05) is 0 Å². The fourth-order valence-electron chi connectivity index (χ4n) is 2.63. The molecule has 3 N–H and O–H groups in total. The highest BCUT2D eigenvalue weighted by atomic mass is 35.5. The highest BCUT2D eigenvalue weighted by Gasteiger charge is 2.26. The number of hydrogen-bond donors (Lipinski definition) is 2. The van der Waals surface area contributed by atoms with Crippen LogP contribution in [0, 0.1) is 0 Å². The molecule has 6 nitrogen and oxygen atoms in total. The Hall–Kier alpha value is -1.15. The van der Waals surface area contributed by atoms with E-state index in [-0.39, 0.29) is 23.2 Å². The number of nitrogens with zero attached hydrogens (tertiary/aromatic N) is 1. The number of sulfonamides is 1. The van der Waals surface area contributed by atoms with Gasteiger partial charge in [0.15, 0.2) is 0 Å². The van der Waals surface area contributed by atoms with E-state index in [9.17, 15) is 13.2 Å². The van der Waals surface area contributed by atoms with Gasteiger partial charge in [-0.1, -0.05) is 12.5 Å². The van der Waals surface area contributed by atoms with Crippen molar-refractivity contribution in [2.75, 3.05) is 26.2 Å². The Morgan fingerprint density at radius 1 is 1.17 bits per heavy atom. The molecule has 1 fully saturated rings. The van der Waals surface area contributed by atoms with Crippen LogP contribution in [0.2, 0.25) is 0 Å². The Labute approximate surface area is 150 Å². The molecule has 0 unspecified atom stereocenters. The molecular weight excluding hydrogens is 350 g/mol. The van der Waals surface area contributed by atoms with Gasteiger partial charge < -0.3 is 11.1 Å². The lowest BCUT2D eigenvalue weighted by molar-refractivity contribution is 0.0953. The summed E-state index contributed by atoms with van der Waals surface area (Å²) < 4.78 is 26.8. The maximum absolute atomic E-state index is 12.6. The van der Waals surface area contributed by atoms with Crippen LogP contribution in [0.1, 0.15) is 42.5 Å². The highest BCUT2D eigenvalue weighted by Crippen LogP contribution is 2.21. The fourth-order valence-corrected chi connectivity index (χ4v) is 4.19. The Bertz CT molecular complexity index is 631. The number of benzene rings is 1. The fraction of sp³-hybridized carbons (Fsp3) is 0.562. The lowest BCUT2D eigenvalue weighted by Gasteiger charge is -2.26. The number of hydrogen-bond acceptors (Lipinski definition) is 4. The maximum Gasteiger partial charge on any atom is 0.251 e. The minimum atomic E-state index is -3.51. The molecule has 0 saturated carbocycles. The minimum absolute atomic E-state index is 0. The van der Waals surface area contributed by atoms with Crippen molar-refractivity contribution in [2.45, 2.75) is 37.0 Å². The maximum atomic E-state index is 12.6. The van der Waals surface area contributed by atoms with Crippen LogP contribution in [0.3, 0.4) is 0 Å². The van der Waals surface area contributed by atoms with E-state index in [1.165, 1.54) is 10.4 Å². The zero-order valence-corrected chi connectivity index (χ0v) is 15.4. The van der Waals surface area contributed by atoms with E-state index in [0.717, 1.165) is 32.1 Å². The predicted molar refractivity (Wildman–Crippen MR) is 96.9 cm³/mol. The standard InChI is InChI=1S/C16H25N3O3S.ClH/c17-9-2-3-10-18-16(20)14-7-6-8-15(13-14)23(21,22)19-11-4-1-5-12-19;/h6-8,13H,1-5,9-12,17H2,(H,18,20);1H. The number of nitrogens with one attached hydrogen (secondary N) is 1. The largest absolute Gasteiger partial charge is 0.352 e. The van der Waals surface area contributed by atoms with Gasteiger partial charge >= 0.3 is 0 Å². The number of halogens is 1. The zero-order chi connectivity index (χ0) is 16.7. The Morgan fingerprint density at radius 2 is 1.88 bits per heavy atom. The van der Waals surface area contributed by atoms with Crippen molar-refractivity contribution >= 4 is 28.3 Å². The van der Waals surface area contributed by atoms with Gasteiger partial charge in [-0.3, -0.25) is 4.79 Å². The third-order valence-corrected chi connectivity index (χ3v) is 5.86. The topological polar surface area (TPSA) is 92.5 Å². The van der Waals surface area contributed by atoms with Crippen LogP contribution in [0.4, 0.5) is 0 Å². The first-order valence-corrected chi connectivity index (χ1v) is 9.58. The molecule has 0 aromatic heterocycles. The summed E-state index contributed by atoms with van der Waals surface area (Å²) in [7, 11) is -3.51. The molecule has 1 aliphatic rings. The number of unbranched alkanes of at least 4 members (excludes halogenated alkanes) is 1. The first-order chi connectivity index (χ1) is 11.1. The number of amides is 1. The third kappa shape index (κ3) is 5.44. The van der Waals surface area contributed by atoms with Crippen LogP contribution in [0.15, 0.2) is 29.2 Å². The minimum Gasteiger partial charge on any atom is -0.352 e. The summed E-state index contributed by atoms with van der Waals surface area (Å²) in [6.07, 6.45) is 4.51. The van der Waals surface area contributed by atoms with Gasteiger partial charge in [0.25, 0.3) is 5.91 Å². The quantitative estimate of drug-likeness (QED) is 0.710. The van der Waals surface area contributed by atoms with Crippen molar-refractivity contribution in [3.8, 4) is 0 Å². The molecule has 24 heavy (non-hydrogen) atoms. The second-order valence-electron chi connectivity index (χ2n) is 5.74. The van der Waals surface area contributed by atoms with E-state index in [4.69, 9.17) is 5.73 Å². The molecule has 1 amide bonds. The zero-order valence-electron chi connectivity index (χ0n) is 13.7. The Balaban J connectivity index is 0.00000288. The van der Waals surface area contributed by atoms with Gasteiger partial charge in [-0.05, 0) is 50.4 Å². The van der Waals surface area contributed by atoms with Gasteiger partial charge in [0.2, 0.25) is 10.0 Å². The average Bonchev–Trinajstić information content (AvgIpc) is 2.59. The van der Waals surface area contributed by atoms with Crippen LogP contribution in [-0.2, 0) is 10.0 Å². The highest BCUT2D eigenvalue weighted by molar-refractivity contribution is 7.89. The van der Waals surface area contributed by atoms with Gasteiger partial charge in [-0.25, -0.2) is 8.42 Å². The van der Waals surface area contributed by atoms with Crippen LogP contribution < -0.4 is 11.1 Å². The predicted octanol–water partition coefficient (Wildman–Crippen LogP) is 1.75. The van der Waals surface area contributed by atoms with Crippen molar-refractivity contribution < 1.29 is 13.2 Å². The van der Waals surface area contributed by atoms with Crippen LogP contribution in [0.5, 0.6) is 0 Å². The Morgan fingerprint density at radius 3 is 2.54 bits per heavy atom. The molecule has 1 aliphatic heterocycles. The normalized spacial score (nSPS) is 15.5. The van der Waals surface area contributed by atoms with Crippen molar-refractivity contribution in [1.29, 1.82) is 0 Å². The van der Waals surface area contributed by atoms with Crippen molar-refractivity contribution in [3.63, 3.8) is 0 Å². The summed E-state index contributed by atoms with van der Waals surface area (Å²) >= 11 is 0. The van der Waals surface area contributed by atoms with Crippen LogP contribution in [0.25, 0.3) is 0 Å². The van der Waals surface area contributed by atoms with Gasteiger partial charge in [0, 0.05) is 25.2 Å². The number of carbonyl (C=O) groups excluding carboxylic acids is 1. The third-order valence-electron chi connectivity index (χ3n) is 3.97. The number of piperidine rings is 1. The van der Waals surface area contributed by atoms with E-state index in [1.54, 1.807) is 18.2 Å². The molecule has 2 rings (SSSR count). The molecule has 0 bridgehead atoms. The molecule has 0 atom stereocenters. The van der Waals surface area contributed by atoms with Crippen molar-refractivity contribution in [3.05, 3.63) is 29.8 Å². The van der Waals surface area contributed by atoms with E-state index < -0.39 is 10.0 Å². The molecule has 1 aromatic carbocycles. The van der Waals surface area contributed by atoms with Crippen LogP contribution >= 0.6 is 12.4 Å². The summed E-state index contributed by atoms with van der Waals surface area (Å²) in [6, 6.07) is 6.26. The molecule has 0 spiro atoms. The first-order valence-electron chi connectivity index (χ1n) is 8.14. The van der Waals surface area contributed by atoms with Crippen LogP contribution in [-0.4, -0.2) is 44.8 Å². The van der Waals surface area contributed by atoms with Gasteiger partial charge in [-0.2, -0.15) is 4.31 Å². The summed E-state index contributed by atoms with van der Waals surface area (Å²) in [4.78, 5) is 12.3. The van der Waals surface area contributed by atoms with Gasteiger partial charge in [0.05, 0.1) is 4.90 Å². The summed E-state index contributed by atoms with van der Waals surface area (Å²) in [5, 5.41) is 2.79. The monoisotopic (exact) mass is 375 g/mol. The van der Waals surface area contributed by atoms with E-state index in [2.05, 4.69) is 5.32 Å². The Kier molecular flexibility index (Phi) is 8.69. The number of nitrogens with two attached hydrogens (primary N) is 1. The average molecular weight is 376 g/mol. The van der Waals surface area contributed by atoms with Gasteiger partial charge in [0.1, 0.15) is 0 Å². The van der Waals surface area contributed by atoms with Crippen molar-refractivity contribution in [1.82, 2.24) is 9.62 Å².